The summed E-state index contributed by atoms with van der Waals surface area (Å²) in [5, 5.41) is 15.2. The summed E-state index contributed by atoms with van der Waals surface area (Å²) in [5.74, 6) is -0.910. The number of carbonyl (C=O) groups excluding carboxylic acids is 1. The van der Waals surface area contributed by atoms with Crippen molar-refractivity contribution in [1.82, 2.24) is 10.3 Å². The molecular weight excluding hydrogens is 332 g/mol. The fourth-order valence-electron chi connectivity index (χ4n) is 3.28. The number of hydrogen-bond donors (Lipinski definition) is 3. The van der Waals surface area contributed by atoms with Gasteiger partial charge in [0.1, 0.15) is 6.04 Å². The number of amides is 1. The van der Waals surface area contributed by atoms with Crippen molar-refractivity contribution < 1.29 is 14.7 Å². The average Bonchev–Trinajstić information content (AvgIpc) is 2.89. The molecule has 0 bridgehead atoms. The second kappa shape index (κ2) is 9.40. The molecule has 2 atom stereocenters. The van der Waals surface area contributed by atoms with E-state index in [1.165, 1.54) is 5.69 Å². The van der Waals surface area contributed by atoms with E-state index in [1.807, 2.05) is 26.1 Å². The first kappa shape index (κ1) is 20.0. The number of carboxylic acid groups (broad SMARTS) is 1. The number of pyridine rings is 1. The summed E-state index contributed by atoms with van der Waals surface area (Å²) >= 11 is 0. The van der Waals surface area contributed by atoms with E-state index in [-0.39, 0.29) is 18.0 Å². The van der Waals surface area contributed by atoms with Gasteiger partial charge >= 0.3 is 5.97 Å². The fourth-order valence-corrected chi connectivity index (χ4v) is 3.28. The van der Waals surface area contributed by atoms with E-state index < -0.39 is 12.0 Å². The quantitative estimate of drug-likeness (QED) is 0.554. The lowest BCUT2D eigenvalue weighted by molar-refractivity contribution is -0.142. The molecule has 0 spiro atoms. The number of carbonyl (C=O) groups is 2. The van der Waals surface area contributed by atoms with Crippen molar-refractivity contribution in [3.05, 3.63) is 18.5 Å². The van der Waals surface area contributed by atoms with Gasteiger partial charge in [0.25, 0.3) is 0 Å². The molecule has 1 aliphatic heterocycles. The molecule has 1 aromatic rings. The van der Waals surface area contributed by atoms with Crippen molar-refractivity contribution in [3.8, 4) is 0 Å². The highest BCUT2D eigenvalue weighted by Crippen LogP contribution is 2.33. The van der Waals surface area contributed by atoms with Gasteiger partial charge in [-0.3, -0.25) is 9.78 Å². The van der Waals surface area contributed by atoms with Crippen LogP contribution >= 0.6 is 0 Å². The number of carboxylic acids is 1. The molecule has 26 heavy (non-hydrogen) atoms. The molecule has 7 nitrogen and oxygen atoms in total. The first-order valence-electron chi connectivity index (χ1n) is 9.38. The van der Waals surface area contributed by atoms with Crippen LogP contribution in [0.1, 0.15) is 52.9 Å². The second-order valence-corrected chi connectivity index (χ2v) is 7.31. The predicted octanol–water partition coefficient (Wildman–Crippen LogP) is 2.84. The number of rotatable bonds is 10. The zero-order valence-electron chi connectivity index (χ0n) is 15.9. The highest BCUT2D eigenvalue weighted by molar-refractivity contribution is 5.83. The molecule has 7 heteroatoms. The van der Waals surface area contributed by atoms with E-state index in [0.29, 0.717) is 12.8 Å². The monoisotopic (exact) mass is 362 g/mol. The smallest absolute Gasteiger partial charge is 0.326 e. The molecule has 0 fully saturated rings. The second-order valence-electron chi connectivity index (χ2n) is 7.31. The van der Waals surface area contributed by atoms with E-state index in [0.717, 1.165) is 31.5 Å². The van der Waals surface area contributed by atoms with Crippen LogP contribution in [0, 0.1) is 5.92 Å². The molecular formula is C19H30N4O3. The lowest BCUT2D eigenvalue weighted by Gasteiger charge is -2.23. The maximum Gasteiger partial charge on any atom is 0.326 e. The van der Waals surface area contributed by atoms with Gasteiger partial charge < -0.3 is 20.6 Å². The van der Waals surface area contributed by atoms with Crippen LogP contribution in [0.25, 0.3) is 0 Å². The zero-order chi connectivity index (χ0) is 19.1. The Balaban J connectivity index is 1.67. The van der Waals surface area contributed by atoms with E-state index in [4.69, 9.17) is 0 Å². The first-order chi connectivity index (χ1) is 12.4. The Labute approximate surface area is 155 Å². The summed E-state index contributed by atoms with van der Waals surface area (Å²) < 4.78 is 0. The van der Waals surface area contributed by atoms with Crippen molar-refractivity contribution in [2.24, 2.45) is 5.92 Å². The number of aliphatic carboxylic acids is 1. The Kier molecular flexibility index (Phi) is 7.24. The predicted molar refractivity (Wildman–Crippen MR) is 102 cm³/mol. The van der Waals surface area contributed by atoms with Gasteiger partial charge in [-0.05, 0) is 38.2 Å². The van der Waals surface area contributed by atoms with Crippen molar-refractivity contribution in [3.63, 3.8) is 0 Å². The summed E-state index contributed by atoms with van der Waals surface area (Å²) in [5.41, 5.74) is 2.23. The molecule has 1 amide bonds. The normalized spacial score (nSPS) is 16.9. The molecule has 0 aliphatic carbocycles. The van der Waals surface area contributed by atoms with Crippen LogP contribution in [0.15, 0.2) is 18.5 Å². The SMILES string of the molecule is CC(C)C[C@H](NC(=O)CCCCCN1c2ccncc2NC1C)C(=O)O. The van der Waals surface area contributed by atoms with Crippen molar-refractivity contribution in [1.29, 1.82) is 0 Å². The van der Waals surface area contributed by atoms with Gasteiger partial charge in [-0.1, -0.05) is 20.3 Å². The fraction of sp³-hybridized carbons (Fsp3) is 0.632. The minimum absolute atomic E-state index is 0.175. The molecule has 2 heterocycles. The number of aromatic nitrogens is 1. The summed E-state index contributed by atoms with van der Waals surface area (Å²) in [6.45, 7) is 6.93. The molecule has 3 N–H and O–H groups in total. The lowest BCUT2D eigenvalue weighted by Crippen LogP contribution is -2.41. The zero-order valence-corrected chi connectivity index (χ0v) is 15.9. The molecule has 1 aromatic heterocycles. The van der Waals surface area contributed by atoms with Crippen LogP contribution in [0.5, 0.6) is 0 Å². The molecule has 0 saturated carbocycles. The van der Waals surface area contributed by atoms with E-state index in [2.05, 4.69) is 27.4 Å². The molecule has 2 rings (SSSR count). The first-order valence-corrected chi connectivity index (χ1v) is 9.38. The van der Waals surface area contributed by atoms with Gasteiger partial charge in [-0.15, -0.1) is 0 Å². The number of hydrogen-bond acceptors (Lipinski definition) is 5. The maximum absolute atomic E-state index is 12.0. The van der Waals surface area contributed by atoms with Gasteiger partial charge in [0, 0.05) is 19.2 Å². The van der Waals surface area contributed by atoms with E-state index >= 15 is 0 Å². The maximum atomic E-state index is 12.0. The Hall–Kier alpha value is -2.31. The molecule has 144 valence electrons. The topological polar surface area (TPSA) is 94.6 Å². The number of nitrogens with one attached hydrogen (secondary N) is 2. The molecule has 0 aromatic carbocycles. The molecule has 0 saturated heterocycles. The Bertz CT molecular complexity index is 621. The van der Waals surface area contributed by atoms with Crippen LogP contribution in [0.3, 0.4) is 0 Å². The number of anilines is 2. The average molecular weight is 362 g/mol. The van der Waals surface area contributed by atoms with Gasteiger partial charge in [-0.25, -0.2) is 4.79 Å². The summed E-state index contributed by atoms with van der Waals surface area (Å²) in [6.07, 6.45) is 7.38. The molecule has 0 radical (unpaired) electrons. The standard InChI is InChI=1S/C19H30N4O3/c1-13(2)11-15(19(25)26)22-18(24)7-5-4-6-10-23-14(3)21-16-12-20-9-8-17(16)23/h8-9,12-15,21H,4-7,10-11H2,1-3H3,(H,22,24)(H,25,26)/t14?,15-/m0/s1. The highest BCUT2D eigenvalue weighted by atomic mass is 16.4. The van der Waals surface area contributed by atoms with Crippen LogP contribution < -0.4 is 15.5 Å². The third-order valence-corrected chi connectivity index (χ3v) is 4.58. The van der Waals surface area contributed by atoms with Gasteiger partial charge in [0.05, 0.1) is 23.7 Å². The minimum atomic E-state index is -0.962. The summed E-state index contributed by atoms with van der Waals surface area (Å²) in [7, 11) is 0. The minimum Gasteiger partial charge on any atom is -0.480 e. The van der Waals surface area contributed by atoms with Crippen molar-refractivity contribution in [2.45, 2.75) is 65.1 Å². The van der Waals surface area contributed by atoms with Crippen LogP contribution in [0.2, 0.25) is 0 Å². The van der Waals surface area contributed by atoms with Crippen molar-refractivity contribution in [2.75, 3.05) is 16.8 Å². The van der Waals surface area contributed by atoms with Gasteiger partial charge in [0.2, 0.25) is 5.91 Å². The molecule has 1 aliphatic rings. The number of fused-ring (bicyclic) bond motifs is 1. The van der Waals surface area contributed by atoms with Gasteiger partial charge in [0.15, 0.2) is 0 Å². The third-order valence-electron chi connectivity index (χ3n) is 4.58. The van der Waals surface area contributed by atoms with Crippen LogP contribution in [-0.2, 0) is 9.59 Å². The largest absolute Gasteiger partial charge is 0.480 e. The van der Waals surface area contributed by atoms with Crippen LogP contribution in [-0.4, -0.2) is 40.7 Å². The molecule has 1 unspecified atom stereocenters. The Morgan fingerprint density at radius 1 is 1.35 bits per heavy atom. The lowest BCUT2D eigenvalue weighted by atomic mass is 10.0. The summed E-state index contributed by atoms with van der Waals surface area (Å²) in [4.78, 5) is 29.6. The number of unbranched alkanes of at least 4 members (excludes halogenated alkanes) is 2. The van der Waals surface area contributed by atoms with Gasteiger partial charge in [-0.2, -0.15) is 0 Å². The summed E-state index contributed by atoms with van der Waals surface area (Å²) in [6, 6.07) is 1.23. The Morgan fingerprint density at radius 3 is 2.81 bits per heavy atom. The van der Waals surface area contributed by atoms with Crippen molar-refractivity contribution >= 4 is 23.3 Å². The van der Waals surface area contributed by atoms with E-state index in [9.17, 15) is 14.7 Å². The Morgan fingerprint density at radius 2 is 2.12 bits per heavy atom. The van der Waals surface area contributed by atoms with E-state index in [1.54, 1.807) is 6.20 Å². The highest BCUT2D eigenvalue weighted by Gasteiger charge is 2.24. The van der Waals surface area contributed by atoms with Crippen LogP contribution in [0.4, 0.5) is 11.4 Å². The third kappa shape index (κ3) is 5.61. The number of nitrogens with zero attached hydrogens (tertiary/aromatic N) is 2.